The highest BCUT2D eigenvalue weighted by Crippen LogP contribution is 2.50. The molecule has 10 rings (SSSR count). The number of hydrogen-bond donors (Lipinski definition) is 0. The normalized spacial score (nSPS) is 11.7. The molecule has 1 heterocycles. The maximum atomic E-state index is 6.67. The van der Waals surface area contributed by atoms with Gasteiger partial charge < -0.3 is 4.42 Å². The molecule has 0 N–H and O–H groups in total. The van der Waals surface area contributed by atoms with Crippen molar-refractivity contribution in [3.8, 4) is 44.5 Å². The zero-order valence-electron chi connectivity index (χ0n) is 26.7. The van der Waals surface area contributed by atoms with Crippen molar-refractivity contribution < 1.29 is 4.42 Å². The Morgan fingerprint density at radius 3 is 1.39 bits per heavy atom. The Morgan fingerprint density at radius 2 is 0.776 bits per heavy atom. The second kappa shape index (κ2) is 11.1. The predicted molar refractivity (Wildman–Crippen MR) is 208 cm³/mol. The first-order chi connectivity index (χ1) is 24.3. The van der Waals surface area contributed by atoms with Crippen molar-refractivity contribution in [3.05, 3.63) is 182 Å². The van der Waals surface area contributed by atoms with Crippen LogP contribution >= 0.6 is 0 Å². The minimum absolute atomic E-state index is 0.905. The Labute approximate surface area is 284 Å². The molecule has 0 spiro atoms. The molecule has 1 heteroatoms. The molecular formula is C48H30O. The summed E-state index contributed by atoms with van der Waals surface area (Å²) >= 11 is 0. The monoisotopic (exact) mass is 622 g/mol. The summed E-state index contributed by atoms with van der Waals surface area (Å²) in [4.78, 5) is 0. The summed E-state index contributed by atoms with van der Waals surface area (Å²) in [6.45, 7) is 0. The fourth-order valence-electron chi connectivity index (χ4n) is 7.99. The minimum atomic E-state index is 0.905. The molecule has 9 aromatic carbocycles. The minimum Gasteiger partial charge on any atom is -0.455 e. The first kappa shape index (κ1) is 27.7. The number of rotatable bonds is 4. The van der Waals surface area contributed by atoms with E-state index in [1.165, 1.54) is 71.4 Å². The van der Waals surface area contributed by atoms with E-state index in [1.807, 2.05) is 0 Å². The average molecular weight is 623 g/mol. The predicted octanol–water partition coefficient (Wildman–Crippen LogP) is 13.7. The van der Waals surface area contributed by atoms with Crippen molar-refractivity contribution >= 4 is 54.3 Å². The summed E-state index contributed by atoms with van der Waals surface area (Å²) in [6.07, 6.45) is 0. The van der Waals surface area contributed by atoms with Crippen molar-refractivity contribution in [1.29, 1.82) is 0 Å². The summed E-state index contributed by atoms with van der Waals surface area (Å²) in [5.74, 6) is 0. The number of fused-ring (bicyclic) bond motifs is 7. The van der Waals surface area contributed by atoms with Crippen LogP contribution in [0, 0.1) is 0 Å². The second-order valence-electron chi connectivity index (χ2n) is 12.7. The van der Waals surface area contributed by atoms with Crippen LogP contribution in [-0.4, -0.2) is 0 Å². The standard InChI is InChI=1S/C48H30O/c1-3-15-31(16-4-1)34-25-13-26-35(32-17-5-2-6-18-32)46(34)47-39-23-11-9-21-37(39)44(38-22-10-12-24-40(38)47)41-27-14-28-43-45(41)42-30-29-33-19-7-8-20-36(33)48(42)49-43/h1-30H. The lowest BCUT2D eigenvalue weighted by Crippen LogP contribution is -1.95. The van der Waals surface area contributed by atoms with Gasteiger partial charge in [-0.15, -0.1) is 0 Å². The van der Waals surface area contributed by atoms with E-state index in [4.69, 9.17) is 4.42 Å². The van der Waals surface area contributed by atoms with E-state index in [9.17, 15) is 0 Å². The summed E-state index contributed by atoms with van der Waals surface area (Å²) < 4.78 is 6.67. The van der Waals surface area contributed by atoms with Crippen molar-refractivity contribution in [2.45, 2.75) is 0 Å². The number of furan rings is 1. The van der Waals surface area contributed by atoms with Gasteiger partial charge in [0.15, 0.2) is 0 Å². The van der Waals surface area contributed by atoms with E-state index < -0.39 is 0 Å². The van der Waals surface area contributed by atoms with E-state index in [0.29, 0.717) is 0 Å². The molecule has 0 saturated carbocycles. The van der Waals surface area contributed by atoms with E-state index in [0.717, 1.165) is 27.3 Å². The summed E-state index contributed by atoms with van der Waals surface area (Å²) in [7, 11) is 0. The van der Waals surface area contributed by atoms with Gasteiger partial charge in [-0.1, -0.05) is 170 Å². The maximum absolute atomic E-state index is 6.67. The van der Waals surface area contributed by atoms with E-state index >= 15 is 0 Å². The van der Waals surface area contributed by atoms with Gasteiger partial charge >= 0.3 is 0 Å². The highest BCUT2D eigenvalue weighted by molar-refractivity contribution is 6.28. The quantitative estimate of drug-likeness (QED) is 0.178. The fraction of sp³-hybridized carbons (Fsp3) is 0. The van der Waals surface area contributed by atoms with Crippen LogP contribution in [0.3, 0.4) is 0 Å². The molecule has 0 aliphatic carbocycles. The first-order valence-electron chi connectivity index (χ1n) is 16.9. The third-order valence-electron chi connectivity index (χ3n) is 10.1. The summed E-state index contributed by atoms with van der Waals surface area (Å²) in [6, 6.07) is 65.7. The van der Waals surface area contributed by atoms with Crippen LogP contribution in [0.2, 0.25) is 0 Å². The lowest BCUT2D eigenvalue weighted by Gasteiger charge is -2.22. The SMILES string of the molecule is c1ccc(-c2cccc(-c3ccccc3)c2-c2c3ccccc3c(-c3cccc4oc5c6ccccc6ccc5c34)c3ccccc23)cc1. The molecule has 0 aliphatic heterocycles. The van der Waals surface area contributed by atoms with Gasteiger partial charge in [0.1, 0.15) is 11.2 Å². The highest BCUT2D eigenvalue weighted by atomic mass is 16.3. The van der Waals surface area contributed by atoms with E-state index in [2.05, 4.69) is 182 Å². The van der Waals surface area contributed by atoms with Gasteiger partial charge in [-0.25, -0.2) is 0 Å². The Hall–Kier alpha value is -6.44. The van der Waals surface area contributed by atoms with Crippen molar-refractivity contribution in [2.75, 3.05) is 0 Å². The summed E-state index contributed by atoms with van der Waals surface area (Å²) in [5, 5.41) is 9.52. The number of benzene rings is 9. The Morgan fingerprint density at radius 1 is 0.286 bits per heavy atom. The van der Waals surface area contributed by atoms with Crippen LogP contribution in [0.4, 0.5) is 0 Å². The van der Waals surface area contributed by atoms with Crippen LogP contribution in [0.25, 0.3) is 98.8 Å². The molecule has 49 heavy (non-hydrogen) atoms. The molecule has 1 aromatic heterocycles. The molecule has 0 radical (unpaired) electrons. The Bertz CT molecular complexity index is 2750. The topological polar surface area (TPSA) is 13.1 Å². The molecule has 0 aliphatic rings. The molecule has 0 bridgehead atoms. The lowest BCUT2D eigenvalue weighted by molar-refractivity contribution is 0.673. The molecule has 10 aromatic rings. The van der Waals surface area contributed by atoms with Gasteiger partial charge in [-0.3, -0.25) is 0 Å². The lowest BCUT2D eigenvalue weighted by atomic mass is 9.80. The molecule has 0 unspecified atom stereocenters. The molecule has 228 valence electrons. The van der Waals surface area contributed by atoms with E-state index in [-0.39, 0.29) is 0 Å². The van der Waals surface area contributed by atoms with Crippen LogP contribution < -0.4 is 0 Å². The smallest absolute Gasteiger partial charge is 0.143 e. The Balaban J connectivity index is 1.37. The Kier molecular flexibility index (Phi) is 6.25. The molecule has 0 atom stereocenters. The zero-order chi connectivity index (χ0) is 32.3. The maximum Gasteiger partial charge on any atom is 0.143 e. The van der Waals surface area contributed by atoms with Gasteiger partial charge in [0, 0.05) is 16.2 Å². The van der Waals surface area contributed by atoms with Crippen LogP contribution in [0.15, 0.2) is 186 Å². The molecule has 0 fully saturated rings. The third kappa shape index (κ3) is 4.26. The van der Waals surface area contributed by atoms with E-state index in [1.54, 1.807) is 0 Å². The van der Waals surface area contributed by atoms with Crippen molar-refractivity contribution in [2.24, 2.45) is 0 Å². The van der Waals surface area contributed by atoms with Gasteiger partial charge in [0.25, 0.3) is 0 Å². The van der Waals surface area contributed by atoms with Crippen molar-refractivity contribution in [3.63, 3.8) is 0 Å². The molecule has 0 amide bonds. The number of hydrogen-bond acceptors (Lipinski definition) is 1. The van der Waals surface area contributed by atoms with Gasteiger partial charge in [-0.05, 0) is 83.6 Å². The zero-order valence-corrected chi connectivity index (χ0v) is 26.7. The van der Waals surface area contributed by atoms with Crippen LogP contribution in [0.1, 0.15) is 0 Å². The molecule has 1 nitrogen and oxygen atoms in total. The van der Waals surface area contributed by atoms with Gasteiger partial charge in [0.05, 0.1) is 0 Å². The molecular weight excluding hydrogens is 593 g/mol. The average Bonchev–Trinajstić information content (AvgIpc) is 3.57. The van der Waals surface area contributed by atoms with Crippen LogP contribution in [-0.2, 0) is 0 Å². The van der Waals surface area contributed by atoms with Crippen molar-refractivity contribution in [1.82, 2.24) is 0 Å². The first-order valence-corrected chi connectivity index (χ1v) is 16.9. The fourth-order valence-corrected chi connectivity index (χ4v) is 7.99. The highest BCUT2D eigenvalue weighted by Gasteiger charge is 2.23. The van der Waals surface area contributed by atoms with Gasteiger partial charge in [0.2, 0.25) is 0 Å². The second-order valence-corrected chi connectivity index (χ2v) is 12.7. The largest absolute Gasteiger partial charge is 0.455 e. The summed E-state index contributed by atoms with van der Waals surface area (Å²) in [5.41, 5.74) is 11.6. The molecule has 0 saturated heterocycles. The van der Waals surface area contributed by atoms with Gasteiger partial charge in [-0.2, -0.15) is 0 Å². The van der Waals surface area contributed by atoms with Crippen LogP contribution in [0.5, 0.6) is 0 Å². The third-order valence-corrected chi connectivity index (χ3v) is 10.1.